The van der Waals surface area contributed by atoms with Crippen LogP contribution in [0.4, 0.5) is 5.69 Å². The zero-order valence-corrected chi connectivity index (χ0v) is 13.5. The zero-order chi connectivity index (χ0) is 16.7. The van der Waals surface area contributed by atoms with Crippen LogP contribution in [0.1, 0.15) is 23.2 Å². The van der Waals surface area contributed by atoms with Gasteiger partial charge in [-0.1, -0.05) is 18.2 Å². The Hall–Kier alpha value is -3.08. The molecule has 0 aliphatic heterocycles. The van der Waals surface area contributed by atoms with Crippen molar-refractivity contribution in [3.05, 3.63) is 60.1 Å². The summed E-state index contributed by atoms with van der Waals surface area (Å²) >= 11 is 0. The van der Waals surface area contributed by atoms with E-state index >= 15 is 0 Å². The highest BCUT2D eigenvalue weighted by atomic mass is 16.3. The van der Waals surface area contributed by atoms with Gasteiger partial charge in [-0.2, -0.15) is 0 Å². The van der Waals surface area contributed by atoms with E-state index in [1.807, 2.05) is 48.7 Å². The van der Waals surface area contributed by atoms with Crippen LogP contribution >= 0.6 is 0 Å². The van der Waals surface area contributed by atoms with Crippen molar-refractivity contribution in [3.8, 4) is 0 Å². The minimum absolute atomic E-state index is 0.127. The molecule has 1 N–H and O–H groups in total. The van der Waals surface area contributed by atoms with Gasteiger partial charge in [-0.3, -0.25) is 4.79 Å². The van der Waals surface area contributed by atoms with Gasteiger partial charge in [0, 0.05) is 36.3 Å². The molecular formula is C19H17N3O2. The number of aryl methyl sites for hydroxylation is 2. The Morgan fingerprint density at radius 2 is 2.08 bits per heavy atom. The van der Waals surface area contributed by atoms with E-state index in [1.165, 1.54) is 0 Å². The van der Waals surface area contributed by atoms with Gasteiger partial charge in [0.05, 0.1) is 5.56 Å². The Balaban J connectivity index is 1.70. The molecule has 0 aliphatic rings. The number of aromatic nitrogens is 2. The fourth-order valence-corrected chi connectivity index (χ4v) is 3.01. The summed E-state index contributed by atoms with van der Waals surface area (Å²) in [6.07, 6.45) is 1.90. The lowest BCUT2D eigenvalue weighted by atomic mass is 10.1. The number of nitrogens with zero attached hydrogens (tertiary/aromatic N) is 2. The molecular weight excluding hydrogens is 302 g/mol. The molecule has 5 heteroatoms. The van der Waals surface area contributed by atoms with E-state index < -0.39 is 0 Å². The Morgan fingerprint density at radius 3 is 2.92 bits per heavy atom. The van der Waals surface area contributed by atoms with Gasteiger partial charge >= 0.3 is 0 Å². The first-order valence-electron chi connectivity index (χ1n) is 7.92. The minimum Gasteiger partial charge on any atom is -0.441 e. The lowest BCUT2D eigenvalue weighted by molar-refractivity contribution is 0.102. The Morgan fingerprint density at radius 1 is 1.25 bits per heavy atom. The number of benzene rings is 2. The third kappa shape index (κ3) is 2.34. The zero-order valence-electron chi connectivity index (χ0n) is 13.5. The van der Waals surface area contributed by atoms with Gasteiger partial charge in [-0.25, -0.2) is 4.98 Å². The average molecular weight is 319 g/mol. The molecule has 5 nitrogen and oxygen atoms in total. The molecule has 0 unspecified atom stereocenters. The predicted octanol–water partition coefficient (Wildman–Crippen LogP) is 4.36. The van der Waals surface area contributed by atoms with Crippen molar-refractivity contribution in [1.29, 1.82) is 0 Å². The third-order valence-corrected chi connectivity index (χ3v) is 4.13. The average Bonchev–Trinajstić information content (AvgIpc) is 3.13. The van der Waals surface area contributed by atoms with Crippen LogP contribution in [0.15, 0.2) is 53.1 Å². The summed E-state index contributed by atoms with van der Waals surface area (Å²) in [7, 11) is 0. The Bertz CT molecular complexity index is 1060. The van der Waals surface area contributed by atoms with Crippen LogP contribution in [-0.2, 0) is 6.54 Å². The van der Waals surface area contributed by atoms with E-state index in [0.717, 1.165) is 23.0 Å². The van der Waals surface area contributed by atoms with Gasteiger partial charge in [-0.15, -0.1) is 0 Å². The van der Waals surface area contributed by atoms with Gasteiger partial charge in [0.2, 0.25) is 0 Å². The van der Waals surface area contributed by atoms with Crippen LogP contribution in [0.25, 0.3) is 22.0 Å². The number of carbonyl (C=O) groups is 1. The highest BCUT2D eigenvalue weighted by Gasteiger charge is 2.15. The summed E-state index contributed by atoms with van der Waals surface area (Å²) < 4.78 is 7.54. The maximum atomic E-state index is 12.7. The summed E-state index contributed by atoms with van der Waals surface area (Å²) in [6, 6.07) is 13.4. The summed E-state index contributed by atoms with van der Waals surface area (Å²) in [5.41, 5.74) is 3.89. The van der Waals surface area contributed by atoms with Crippen LogP contribution in [-0.4, -0.2) is 15.5 Å². The van der Waals surface area contributed by atoms with Gasteiger partial charge in [0.15, 0.2) is 11.5 Å². The molecule has 0 atom stereocenters. The van der Waals surface area contributed by atoms with Crippen LogP contribution in [0, 0.1) is 6.92 Å². The number of carbonyl (C=O) groups excluding carboxylic acids is 1. The molecule has 1 amide bonds. The van der Waals surface area contributed by atoms with Gasteiger partial charge < -0.3 is 14.3 Å². The quantitative estimate of drug-likeness (QED) is 0.610. The molecule has 120 valence electrons. The van der Waals surface area contributed by atoms with E-state index in [1.54, 1.807) is 6.92 Å². The number of anilines is 1. The van der Waals surface area contributed by atoms with Gasteiger partial charge in [-0.05, 0) is 31.2 Å². The number of nitrogens with one attached hydrogen (secondary N) is 1. The molecule has 0 spiro atoms. The monoisotopic (exact) mass is 319 g/mol. The number of rotatable bonds is 3. The second kappa shape index (κ2) is 5.53. The molecule has 2 aromatic heterocycles. The van der Waals surface area contributed by atoms with Crippen molar-refractivity contribution >= 4 is 33.6 Å². The van der Waals surface area contributed by atoms with Crippen molar-refractivity contribution in [2.75, 3.05) is 5.32 Å². The molecule has 0 saturated heterocycles. The third-order valence-electron chi connectivity index (χ3n) is 4.13. The highest BCUT2D eigenvalue weighted by Crippen LogP contribution is 2.24. The summed E-state index contributed by atoms with van der Waals surface area (Å²) in [6.45, 7) is 4.69. The normalized spacial score (nSPS) is 11.2. The first-order chi connectivity index (χ1) is 11.7. The van der Waals surface area contributed by atoms with Crippen LogP contribution in [0.3, 0.4) is 0 Å². The van der Waals surface area contributed by atoms with E-state index in [0.29, 0.717) is 22.7 Å². The van der Waals surface area contributed by atoms with Crippen molar-refractivity contribution < 1.29 is 9.21 Å². The number of oxazole rings is 1. The second-order valence-electron chi connectivity index (χ2n) is 5.72. The minimum atomic E-state index is -0.127. The number of hydrogen-bond acceptors (Lipinski definition) is 3. The maximum Gasteiger partial charge on any atom is 0.257 e. The van der Waals surface area contributed by atoms with Crippen LogP contribution in [0.5, 0.6) is 0 Å². The summed E-state index contributed by atoms with van der Waals surface area (Å²) in [5, 5.41) is 3.91. The predicted molar refractivity (Wildman–Crippen MR) is 94.3 cm³/mol. The smallest absolute Gasteiger partial charge is 0.257 e. The Kier molecular flexibility index (Phi) is 3.34. The van der Waals surface area contributed by atoms with Crippen LogP contribution < -0.4 is 5.32 Å². The maximum absolute atomic E-state index is 12.7. The van der Waals surface area contributed by atoms with Gasteiger partial charge in [0.1, 0.15) is 5.52 Å². The molecule has 0 fully saturated rings. The number of amides is 1. The van der Waals surface area contributed by atoms with Crippen LogP contribution in [0.2, 0.25) is 0 Å². The first kappa shape index (κ1) is 14.5. The number of fused-ring (bicyclic) bond motifs is 2. The van der Waals surface area contributed by atoms with E-state index in [4.69, 9.17) is 4.42 Å². The summed E-state index contributed by atoms with van der Waals surface area (Å²) in [5.74, 6) is 0.484. The lowest BCUT2D eigenvalue weighted by Gasteiger charge is -2.04. The largest absolute Gasteiger partial charge is 0.441 e. The van der Waals surface area contributed by atoms with E-state index in [2.05, 4.69) is 21.8 Å². The topological polar surface area (TPSA) is 60.1 Å². The van der Waals surface area contributed by atoms with Crippen molar-refractivity contribution in [3.63, 3.8) is 0 Å². The van der Waals surface area contributed by atoms with Crippen molar-refractivity contribution in [2.24, 2.45) is 0 Å². The molecule has 4 aromatic rings. The molecule has 0 bridgehead atoms. The van der Waals surface area contributed by atoms with Crippen molar-refractivity contribution in [1.82, 2.24) is 9.55 Å². The van der Waals surface area contributed by atoms with E-state index in [-0.39, 0.29) is 5.91 Å². The second-order valence-corrected chi connectivity index (χ2v) is 5.72. The molecule has 2 aromatic carbocycles. The molecule has 4 rings (SSSR count). The molecule has 24 heavy (non-hydrogen) atoms. The SMILES string of the molecule is CCn1cc(C(=O)Nc2ccc3oc(C)nc3c2)c2ccccc21. The fourth-order valence-electron chi connectivity index (χ4n) is 3.01. The molecule has 0 radical (unpaired) electrons. The fraction of sp³-hybridized carbons (Fsp3) is 0.158. The summed E-state index contributed by atoms with van der Waals surface area (Å²) in [4.78, 5) is 17.0. The molecule has 2 heterocycles. The van der Waals surface area contributed by atoms with Gasteiger partial charge in [0.25, 0.3) is 5.91 Å². The van der Waals surface area contributed by atoms with E-state index in [9.17, 15) is 4.79 Å². The molecule has 0 saturated carbocycles. The standard InChI is InChI=1S/C19H17N3O2/c1-3-22-11-15(14-6-4-5-7-17(14)22)19(23)21-13-8-9-18-16(10-13)20-12(2)24-18/h4-11H,3H2,1-2H3,(H,21,23). The number of para-hydroxylation sites is 1. The van der Waals surface area contributed by atoms with Crippen molar-refractivity contribution in [2.45, 2.75) is 20.4 Å². The highest BCUT2D eigenvalue weighted by molar-refractivity contribution is 6.13. The Labute approximate surface area is 138 Å². The lowest BCUT2D eigenvalue weighted by Crippen LogP contribution is -2.11. The number of hydrogen-bond donors (Lipinski definition) is 1. The molecule has 0 aliphatic carbocycles. The first-order valence-corrected chi connectivity index (χ1v) is 7.92.